The number of carbonyl (C=O) groups is 1. The summed E-state index contributed by atoms with van der Waals surface area (Å²) in [7, 11) is 0. The standard InChI is InChI=1S/C9H16O2.ClH/c1-9(7-8(10)11)5-3-2-4-6-9;/h2-7H2,1H3,(H,10,11);1H. The van der Waals surface area contributed by atoms with Gasteiger partial charge in [-0.15, -0.1) is 12.4 Å². The van der Waals surface area contributed by atoms with E-state index in [9.17, 15) is 4.79 Å². The van der Waals surface area contributed by atoms with Crippen LogP contribution in [0.3, 0.4) is 0 Å². The van der Waals surface area contributed by atoms with E-state index >= 15 is 0 Å². The predicted octanol–water partition coefficient (Wildman–Crippen LogP) is 2.85. The highest BCUT2D eigenvalue weighted by molar-refractivity contribution is 5.85. The zero-order valence-electron chi connectivity index (χ0n) is 7.51. The first kappa shape index (κ1) is 11.8. The molecule has 72 valence electrons. The molecule has 1 rings (SSSR count). The van der Waals surface area contributed by atoms with Gasteiger partial charge < -0.3 is 5.11 Å². The van der Waals surface area contributed by atoms with Crippen molar-refractivity contribution in [2.24, 2.45) is 5.41 Å². The van der Waals surface area contributed by atoms with Gasteiger partial charge in [-0.2, -0.15) is 0 Å². The minimum Gasteiger partial charge on any atom is -0.481 e. The minimum absolute atomic E-state index is 0. The highest BCUT2D eigenvalue weighted by Crippen LogP contribution is 2.38. The van der Waals surface area contributed by atoms with Crippen LogP contribution in [0.2, 0.25) is 0 Å². The maximum atomic E-state index is 10.5. The van der Waals surface area contributed by atoms with E-state index in [4.69, 9.17) is 5.11 Å². The van der Waals surface area contributed by atoms with Crippen molar-refractivity contribution in [2.75, 3.05) is 0 Å². The maximum Gasteiger partial charge on any atom is 0.303 e. The molecule has 1 saturated carbocycles. The molecule has 0 unspecified atom stereocenters. The van der Waals surface area contributed by atoms with E-state index in [1.807, 2.05) is 0 Å². The molecule has 0 radical (unpaired) electrons. The summed E-state index contributed by atoms with van der Waals surface area (Å²) >= 11 is 0. The first-order chi connectivity index (χ1) is 5.12. The predicted molar refractivity (Wildman–Crippen MR) is 50.7 cm³/mol. The van der Waals surface area contributed by atoms with Gasteiger partial charge in [-0.25, -0.2) is 0 Å². The Morgan fingerprint density at radius 2 is 1.83 bits per heavy atom. The van der Waals surface area contributed by atoms with E-state index in [1.54, 1.807) is 0 Å². The molecule has 1 fully saturated rings. The highest BCUT2D eigenvalue weighted by atomic mass is 35.5. The fourth-order valence-electron chi connectivity index (χ4n) is 1.95. The third-order valence-electron chi connectivity index (χ3n) is 2.64. The molecular weight excluding hydrogens is 176 g/mol. The molecule has 0 aromatic heterocycles. The number of carboxylic acids is 1. The lowest BCUT2D eigenvalue weighted by atomic mass is 9.73. The average molecular weight is 193 g/mol. The largest absolute Gasteiger partial charge is 0.481 e. The van der Waals surface area contributed by atoms with Gasteiger partial charge in [0, 0.05) is 0 Å². The van der Waals surface area contributed by atoms with Crippen LogP contribution in [0.5, 0.6) is 0 Å². The van der Waals surface area contributed by atoms with Crippen LogP contribution in [0.25, 0.3) is 0 Å². The van der Waals surface area contributed by atoms with Crippen molar-refractivity contribution in [1.29, 1.82) is 0 Å². The monoisotopic (exact) mass is 192 g/mol. The Morgan fingerprint density at radius 3 is 2.25 bits per heavy atom. The van der Waals surface area contributed by atoms with Gasteiger partial charge in [-0.1, -0.05) is 26.2 Å². The van der Waals surface area contributed by atoms with Crippen LogP contribution in [-0.4, -0.2) is 11.1 Å². The topological polar surface area (TPSA) is 37.3 Å². The molecule has 0 aromatic rings. The first-order valence-electron chi connectivity index (χ1n) is 4.34. The van der Waals surface area contributed by atoms with Crippen molar-refractivity contribution < 1.29 is 9.90 Å². The highest BCUT2D eigenvalue weighted by Gasteiger charge is 2.28. The fourth-order valence-corrected chi connectivity index (χ4v) is 1.95. The van der Waals surface area contributed by atoms with Crippen molar-refractivity contribution in [2.45, 2.75) is 45.4 Å². The fraction of sp³-hybridized carbons (Fsp3) is 0.889. The third kappa shape index (κ3) is 3.44. The Bertz CT molecular complexity index is 151. The van der Waals surface area contributed by atoms with E-state index in [2.05, 4.69) is 6.92 Å². The molecule has 1 aliphatic rings. The molecule has 0 aromatic carbocycles. The molecule has 1 N–H and O–H groups in total. The second-order valence-corrected chi connectivity index (χ2v) is 3.94. The van der Waals surface area contributed by atoms with Crippen molar-refractivity contribution in [3.8, 4) is 0 Å². The van der Waals surface area contributed by atoms with Crippen LogP contribution in [0.15, 0.2) is 0 Å². The first-order valence-corrected chi connectivity index (χ1v) is 4.34. The van der Waals surface area contributed by atoms with E-state index in [0.717, 1.165) is 12.8 Å². The van der Waals surface area contributed by atoms with Gasteiger partial charge in [0.2, 0.25) is 0 Å². The van der Waals surface area contributed by atoms with Gasteiger partial charge in [0.1, 0.15) is 0 Å². The lowest BCUT2D eigenvalue weighted by Gasteiger charge is -2.31. The van der Waals surface area contributed by atoms with E-state index < -0.39 is 5.97 Å². The summed E-state index contributed by atoms with van der Waals surface area (Å²) in [4.78, 5) is 10.5. The molecule has 3 heteroatoms. The number of aliphatic carboxylic acids is 1. The number of rotatable bonds is 2. The Kier molecular flexibility index (Phi) is 4.61. The van der Waals surface area contributed by atoms with E-state index in [-0.39, 0.29) is 17.8 Å². The molecule has 0 spiro atoms. The van der Waals surface area contributed by atoms with Crippen LogP contribution >= 0.6 is 12.4 Å². The summed E-state index contributed by atoms with van der Waals surface area (Å²) in [6.45, 7) is 2.10. The lowest BCUT2D eigenvalue weighted by molar-refractivity contribution is -0.140. The number of hydrogen-bond acceptors (Lipinski definition) is 1. The molecule has 0 bridgehead atoms. The van der Waals surface area contributed by atoms with E-state index in [1.165, 1.54) is 19.3 Å². The summed E-state index contributed by atoms with van der Waals surface area (Å²) in [6.07, 6.45) is 6.26. The molecule has 0 amide bonds. The van der Waals surface area contributed by atoms with Crippen LogP contribution in [0.4, 0.5) is 0 Å². The second kappa shape index (κ2) is 4.70. The number of carboxylic acid groups (broad SMARTS) is 1. The maximum absolute atomic E-state index is 10.5. The van der Waals surface area contributed by atoms with Crippen LogP contribution < -0.4 is 0 Å². The molecule has 12 heavy (non-hydrogen) atoms. The smallest absolute Gasteiger partial charge is 0.303 e. The Labute approximate surface area is 79.8 Å². The van der Waals surface area contributed by atoms with Gasteiger partial charge in [0.05, 0.1) is 6.42 Å². The van der Waals surface area contributed by atoms with Gasteiger partial charge in [0.25, 0.3) is 0 Å². The van der Waals surface area contributed by atoms with Crippen molar-refractivity contribution >= 4 is 18.4 Å². The summed E-state index contributed by atoms with van der Waals surface area (Å²) in [6, 6.07) is 0. The van der Waals surface area contributed by atoms with Crippen molar-refractivity contribution in [3.05, 3.63) is 0 Å². The van der Waals surface area contributed by atoms with Gasteiger partial charge >= 0.3 is 5.97 Å². The quantitative estimate of drug-likeness (QED) is 0.731. The normalized spacial score (nSPS) is 21.1. The summed E-state index contributed by atoms with van der Waals surface area (Å²) in [5.74, 6) is -0.644. The van der Waals surface area contributed by atoms with Gasteiger partial charge in [-0.05, 0) is 18.3 Å². The molecule has 0 heterocycles. The van der Waals surface area contributed by atoms with E-state index in [0.29, 0.717) is 6.42 Å². The third-order valence-corrected chi connectivity index (χ3v) is 2.64. The Hall–Kier alpha value is -0.240. The Morgan fingerprint density at radius 1 is 1.33 bits per heavy atom. The molecule has 1 aliphatic carbocycles. The van der Waals surface area contributed by atoms with Crippen LogP contribution in [0.1, 0.15) is 45.4 Å². The minimum atomic E-state index is -0.644. The van der Waals surface area contributed by atoms with Crippen molar-refractivity contribution in [1.82, 2.24) is 0 Å². The summed E-state index contributed by atoms with van der Waals surface area (Å²) < 4.78 is 0. The molecular formula is C9H17ClO2. The Balaban J connectivity index is 0.00000121. The average Bonchev–Trinajstić information content (AvgIpc) is 1.85. The zero-order valence-corrected chi connectivity index (χ0v) is 8.32. The van der Waals surface area contributed by atoms with Gasteiger partial charge in [-0.3, -0.25) is 4.79 Å². The summed E-state index contributed by atoms with van der Waals surface area (Å²) in [5, 5.41) is 8.63. The molecule has 0 saturated heterocycles. The SMILES string of the molecule is CC1(CC(=O)O)CCCCC1.Cl. The van der Waals surface area contributed by atoms with Crippen molar-refractivity contribution in [3.63, 3.8) is 0 Å². The number of hydrogen-bond donors (Lipinski definition) is 1. The second-order valence-electron chi connectivity index (χ2n) is 3.94. The number of halogens is 1. The van der Waals surface area contributed by atoms with Crippen LogP contribution in [0, 0.1) is 5.41 Å². The molecule has 0 atom stereocenters. The van der Waals surface area contributed by atoms with Gasteiger partial charge in [0.15, 0.2) is 0 Å². The molecule has 0 aliphatic heterocycles. The molecule has 2 nitrogen and oxygen atoms in total. The van der Waals surface area contributed by atoms with Crippen LogP contribution in [-0.2, 0) is 4.79 Å². The lowest BCUT2D eigenvalue weighted by Crippen LogP contribution is -2.23. The zero-order chi connectivity index (χ0) is 8.32. The summed E-state index contributed by atoms with van der Waals surface area (Å²) in [5.41, 5.74) is 0.101.